The number of sulfonamides is 1. The quantitative estimate of drug-likeness (QED) is 0.759. The summed E-state index contributed by atoms with van der Waals surface area (Å²) in [6.45, 7) is 4.34. The summed E-state index contributed by atoms with van der Waals surface area (Å²) in [4.78, 5) is 15.1. The van der Waals surface area contributed by atoms with Crippen LogP contribution in [0, 0.1) is 0 Å². The predicted octanol–water partition coefficient (Wildman–Crippen LogP) is 1.57. The number of benzene rings is 2. The van der Waals surface area contributed by atoms with Crippen LogP contribution in [0.3, 0.4) is 0 Å². The fourth-order valence-corrected chi connectivity index (χ4v) is 4.30. The molecule has 2 aromatic carbocycles. The van der Waals surface area contributed by atoms with Gasteiger partial charge in [-0.2, -0.15) is 0 Å². The topological polar surface area (TPSA) is 79.0 Å². The highest BCUT2D eigenvalue weighted by molar-refractivity contribution is 7.92. The van der Waals surface area contributed by atoms with Crippen LogP contribution in [0.1, 0.15) is 10.4 Å². The zero-order valence-corrected chi connectivity index (χ0v) is 16.7. The summed E-state index contributed by atoms with van der Waals surface area (Å²) in [5.41, 5.74) is 0.668. The third-order valence-electron chi connectivity index (χ3n) is 4.71. The highest BCUT2D eigenvalue weighted by atomic mass is 32.2. The summed E-state index contributed by atoms with van der Waals surface area (Å²) in [5, 5.41) is 2.89. The van der Waals surface area contributed by atoms with E-state index in [0.717, 1.165) is 23.9 Å². The molecular formula is C20H25N3O4S. The number of rotatable bonds is 7. The van der Waals surface area contributed by atoms with Crippen molar-refractivity contribution in [1.82, 2.24) is 10.2 Å². The number of ether oxygens (including phenoxy) is 1. The summed E-state index contributed by atoms with van der Waals surface area (Å²) >= 11 is 0. The molecule has 0 aliphatic carbocycles. The average molecular weight is 404 g/mol. The number of nitrogens with zero attached hydrogens (tertiary/aromatic N) is 2. The minimum atomic E-state index is -3.75. The Hall–Kier alpha value is -2.42. The van der Waals surface area contributed by atoms with Gasteiger partial charge in [0.25, 0.3) is 15.9 Å². The van der Waals surface area contributed by atoms with Gasteiger partial charge in [-0.25, -0.2) is 8.42 Å². The van der Waals surface area contributed by atoms with E-state index in [1.54, 1.807) is 42.5 Å². The zero-order chi connectivity index (χ0) is 20.0. The average Bonchev–Trinajstić information content (AvgIpc) is 2.74. The first-order valence-corrected chi connectivity index (χ1v) is 10.7. The second-order valence-corrected chi connectivity index (χ2v) is 8.48. The molecule has 1 saturated heterocycles. The van der Waals surface area contributed by atoms with Crippen molar-refractivity contribution in [3.05, 3.63) is 60.2 Å². The van der Waals surface area contributed by atoms with Crippen molar-refractivity contribution in [3.63, 3.8) is 0 Å². The van der Waals surface area contributed by atoms with E-state index >= 15 is 0 Å². The van der Waals surface area contributed by atoms with Crippen LogP contribution in [0.4, 0.5) is 5.69 Å². The Morgan fingerprint density at radius 1 is 1.07 bits per heavy atom. The van der Waals surface area contributed by atoms with Crippen LogP contribution in [-0.4, -0.2) is 65.7 Å². The molecule has 0 bridgehead atoms. The van der Waals surface area contributed by atoms with Crippen molar-refractivity contribution in [2.24, 2.45) is 0 Å². The van der Waals surface area contributed by atoms with Crippen LogP contribution in [0.2, 0.25) is 0 Å². The molecule has 0 aromatic heterocycles. The van der Waals surface area contributed by atoms with E-state index in [4.69, 9.17) is 4.74 Å². The minimum Gasteiger partial charge on any atom is -0.379 e. The van der Waals surface area contributed by atoms with Crippen LogP contribution in [0.25, 0.3) is 0 Å². The monoisotopic (exact) mass is 403 g/mol. The second kappa shape index (κ2) is 9.18. The van der Waals surface area contributed by atoms with E-state index in [1.807, 2.05) is 0 Å². The van der Waals surface area contributed by atoms with Gasteiger partial charge in [0, 0.05) is 33.2 Å². The van der Waals surface area contributed by atoms with Crippen LogP contribution >= 0.6 is 0 Å². The van der Waals surface area contributed by atoms with Gasteiger partial charge < -0.3 is 10.1 Å². The van der Waals surface area contributed by atoms with Crippen molar-refractivity contribution in [2.75, 3.05) is 50.7 Å². The Bertz CT molecular complexity index is 897. The van der Waals surface area contributed by atoms with E-state index in [0.29, 0.717) is 31.0 Å². The van der Waals surface area contributed by atoms with Gasteiger partial charge in [-0.3, -0.25) is 14.0 Å². The lowest BCUT2D eigenvalue weighted by Gasteiger charge is -2.26. The maximum atomic E-state index is 12.9. The first kappa shape index (κ1) is 20.3. The molecule has 1 aliphatic rings. The van der Waals surface area contributed by atoms with Gasteiger partial charge in [-0.05, 0) is 24.3 Å². The van der Waals surface area contributed by atoms with Gasteiger partial charge in [0.2, 0.25) is 0 Å². The van der Waals surface area contributed by atoms with E-state index in [2.05, 4.69) is 10.2 Å². The lowest BCUT2D eigenvalue weighted by Crippen LogP contribution is -2.41. The molecule has 1 fully saturated rings. The van der Waals surface area contributed by atoms with Crippen LogP contribution in [0.5, 0.6) is 0 Å². The van der Waals surface area contributed by atoms with Crippen LogP contribution in [0.15, 0.2) is 59.5 Å². The van der Waals surface area contributed by atoms with Gasteiger partial charge in [-0.1, -0.05) is 30.3 Å². The van der Waals surface area contributed by atoms with Gasteiger partial charge in [0.05, 0.1) is 29.4 Å². The second-order valence-electron chi connectivity index (χ2n) is 6.51. The summed E-state index contributed by atoms with van der Waals surface area (Å²) < 4.78 is 32.3. The molecule has 150 valence electrons. The number of carbonyl (C=O) groups is 1. The summed E-state index contributed by atoms with van der Waals surface area (Å²) in [5.74, 6) is -0.293. The standard InChI is InChI=1S/C20H25N3O4S/c1-22(28(25,26)17-7-3-2-4-8-17)19-10-6-5-9-18(19)20(24)21-11-12-23-13-15-27-16-14-23/h2-10H,11-16H2,1H3,(H,21,24). The summed E-state index contributed by atoms with van der Waals surface area (Å²) in [6.07, 6.45) is 0. The molecule has 0 radical (unpaired) electrons. The van der Waals surface area contributed by atoms with Gasteiger partial charge in [0.1, 0.15) is 0 Å². The Labute approximate surface area is 166 Å². The fraction of sp³-hybridized carbons (Fsp3) is 0.350. The maximum absolute atomic E-state index is 12.9. The van der Waals surface area contributed by atoms with Crippen LogP contribution < -0.4 is 9.62 Å². The molecule has 1 aliphatic heterocycles. The molecule has 0 unspecified atom stereocenters. The summed E-state index contributed by atoms with van der Waals surface area (Å²) in [6, 6.07) is 14.9. The summed E-state index contributed by atoms with van der Waals surface area (Å²) in [7, 11) is -2.29. The molecule has 2 aromatic rings. The molecule has 0 saturated carbocycles. The van der Waals surface area contributed by atoms with Crippen molar-refractivity contribution in [1.29, 1.82) is 0 Å². The molecular weight excluding hydrogens is 378 g/mol. The Balaban J connectivity index is 1.72. The van der Waals surface area contributed by atoms with E-state index < -0.39 is 10.0 Å². The number of hydrogen-bond donors (Lipinski definition) is 1. The SMILES string of the molecule is CN(c1ccccc1C(=O)NCCN1CCOCC1)S(=O)(=O)c1ccccc1. The Kier molecular flexibility index (Phi) is 6.66. The molecule has 28 heavy (non-hydrogen) atoms. The van der Waals surface area contributed by atoms with Gasteiger partial charge in [0.15, 0.2) is 0 Å². The fourth-order valence-electron chi connectivity index (χ4n) is 3.07. The van der Waals surface area contributed by atoms with Crippen molar-refractivity contribution in [3.8, 4) is 0 Å². The first-order chi connectivity index (χ1) is 13.5. The highest BCUT2D eigenvalue weighted by Crippen LogP contribution is 2.25. The molecule has 3 rings (SSSR count). The number of nitrogens with one attached hydrogen (secondary N) is 1. The Morgan fingerprint density at radius 2 is 1.71 bits per heavy atom. The number of amides is 1. The third kappa shape index (κ3) is 4.70. The smallest absolute Gasteiger partial charge is 0.264 e. The number of hydrogen-bond acceptors (Lipinski definition) is 5. The number of para-hydroxylation sites is 1. The number of carbonyl (C=O) groups excluding carboxylic acids is 1. The molecule has 8 heteroatoms. The predicted molar refractivity (Wildman–Crippen MR) is 108 cm³/mol. The zero-order valence-electron chi connectivity index (χ0n) is 15.9. The highest BCUT2D eigenvalue weighted by Gasteiger charge is 2.24. The van der Waals surface area contributed by atoms with Crippen LogP contribution in [-0.2, 0) is 14.8 Å². The molecule has 1 amide bonds. The van der Waals surface area contributed by atoms with Gasteiger partial charge in [-0.15, -0.1) is 0 Å². The minimum absolute atomic E-state index is 0.181. The number of anilines is 1. The molecule has 1 heterocycles. The number of morpholine rings is 1. The van der Waals surface area contributed by atoms with Crippen molar-refractivity contribution >= 4 is 21.6 Å². The normalized spacial score (nSPS) is 15.2. The van der Waals surface area contributed by atoms with E-state index in [9.17, 15) is 13.2 Å². The molecule has 0 atom stereocenters. The first-order valence-electron chi connectivity index (χ1n) is 9.21. The largest absolute Gasteiger partial charge is 0.379 e. The van der Waals surface area contributed by atoms with Crippen molar-refractivity contribution < 1.29 is 17.9 Å². The third-order valence-corrected chi connectivity index (χ3v) is 6.49. The van der Waals surface area contributed by atoms with Gasteiger partial charge >= 0.3 is 0 Å². The lowest BCUT2D eigenvalue weighted by molar-refractivity contribution is 0.0383. The van der Waals surface area contributed by atoms with Crippen molar-refractivity contribution in [2.45, 2.75) is 4.90 Å². The lowest BCUT2D eigenvalue weighted by atomic mass is 10.1. The molecule has 7 nitrogen and oxygen atoms in total. The molecule has 0 spiro atoms. The van der Waals surface area contributed by atoms with E-state index in [-0.39, 0.29) is 10.8 Å². The maximum Gasteiger partial charge on any atom is 0.264 e. The van der Waals surface area contributed by atoms with E-state index in [1.165, 1.54) is 19.2 Å². The molecule has 1 N–H and O–H groups in total. The Morgan fingerprint density at radius 3 is 2.43 bits per heavy atom.